The topological polar surface area (TPSA) is 188 Å². The second kappa shape index (κ2) is 24.6. The van der Waals surface area contributed by atoms with Crippen molar-refractivity contribution in [3.8, 4) is 0 Å². The number of nitrogens with zero attached hydrogens (tertiary/aromatic N) is 4. The maximum Gasteiger partial charge on any atom is 0.320 e. The van der Waals surface area contributed by atoms with Crippen LogP contribution in [0.5, 0.6) is 0 Å². The van der Waals surface area contributed by atoms with Crippen molar-refractivity contribution in [1.29, 1.82) is 0 Å². The normalized spacial score (nSPS) is 13.3. The summed E-state index contributed by atoms with van der Waals surface area (Å²) >= 11 is 0. The summed E-state index contributed by atoms with van der Waals surface area (Å²) in [7, 11) is 0. The molecule has 6 heterocycles. The molecule has 0 saturated carbocycles. The van der Waals surface area contributed by atoms with Crippen LogP contribution in [0, 0.1) is 20.8 Å². The first-order chi connectivity index (χ1) is 36.0. The number of aromatic nitrogens is 5. The van der Waals surface area contributed by atoms with Gasteiger partial charge in [0, 0.05) is 65.7 Å². The number of rotatable bonds is 19. The lowest BCUT2D eigenvalue weighted by Crippen LogP contribution is -2.46. The first kappa shape index (κ1) is 59.9. The molecule has 4 aromatic rings. The molecule has 0 atom stereocenters. The molecule has 10 bridgehead atoms. The molecule has 0 aromatic carbocycles. The van der Waals surface area contributed by atoms with Crippen LogP contribution in [0.2, 0.25) is 0 Å². The molecule has 0 spiro atoms. The molecule has 0 saturated heterocycles. The van der Waals surface area contributed by atoms with Gasteiger partial charge in [-0.2, -0.15) is 0 Å². The van der Waals surface area contributed by atoms with Crippen molar-refractivity contribution >= 4 is 79.2 Å². The maximum atomic E-state index is 13.9. The second-order valence-electron chi connectivity index (χ2n) is 23.7. The van der Waals surface area contributed by atoms with Crippen LogP contribution in [0.4, 0.5) is 0 Å². The molecule has 0 fully saturated rings. The van der Waals surface area contributed by atoms with E-state index in [1.807, 2.05) is 25.7 Å². The molecule has 418 valence electrons. The highest BCUT2D eigenvalue weighted by Gasteiger charge is 2.28. The number of amides is 1. The Balaban J connectivity index is 1.35. The molecule has 2 aliphatic heterocycles. The average molecular weight is 1060 g/mol. The van der Waals surface area contributed by atoms with Crippen LogP contribution in [-0.4, -0.2) is 121 Å². The molecule has 0 aliphatic carbocycles. The molecule has 4 N–H and O–H groups in total. The van der Waals surface area contributed by atoms with Gasteiger partial charge in [-0.3, -0.25) is 29.0 Å². The Bertz CT molecular complexity index is 3130. The summed E-state index contributed by atoms with van der Waals surface area (Å²) in [6, 6.07) is 8.79. The number of fused-ring (bicyclic) bond motifs is 11. The highest BCUT2D eigenvalue weighted by atomic mass is 16.6. The molecular weight excluding hydrogens is 969 g/mol. The largest absolute Gasteiger partial charge is 0.459 e. The van der Waals surface area contributed by atoms with Crippen LogP contribution in [0.25, 0.3) is 55.4 Å². The van der Waals surface area contributed by atoms with E-state index in [0.717, 1.165) is 98.3 Å². The Morgan fingerprint density at radius 1 is 0.494 bits per heavy atom. The number of ether oxygens (including phenoxy) is 3. The number of aromatic amines is 3. The van der Waals surface area contributed by atoms with Crippen molar-refractivity contribution in [2.45, 2.75) is 180 Å². The molecule has 1 amide bonds. The number of nitrogens with one attached hydrogen (secondary N) is 4. The van der Waals surface area contributed by atoms with Gasteiger partial charge in [-0.25, -0.2) is 9.97 Å². The number of carbonyl (C=O) groups is 4. The maximum absolute atomic E-state index is 13.9. The Morgan fingerprint density at radius 3 is 1.26 bits per heavy atom. The van der Waals surface area contributed by atoms with Gasteiger partial charge in [0.2, 0.25) is 5.91 Å². The van der Waals surface area contributed by atoms with Gasteiger partial charge in [0.25, 0.3) is 0 Å². The van der Waals surface area contributed by atoms with Crippen LogP contribution in [-0.2, 0) is 52.7 Å². The van der Waals surface area contributed by atoms with Gasteiger partial charge in [0.05, 0.1) is 42.4 Å². The van der Waals surface area contributed by atoms with Gasteiger partial charge in [0.1, 0.15) is 16.8 Å². The van der Waals surface area contributed by atoms with Crippen LogP contribution in [0.3, 0.4) is 0 Å². The minimum atomic E-state index is -0.718. The first-order valence-electron chi connectivity index (χ1n) is 27.8. The summed E-state index contributed by atoms with van der Waals surface area (Å²) in [4.78, 5) is 78.8. The fraction of sp³-hybridized carbons (Fsp3) is 0.548. The van der Waals surface area contributed by atoms with Gasteiger partial charge >= 0.3 is 17.9 Å². The Labute approximate surface area is 457 Å². The molecule has 6 rings (SSSR count). The van der Waals surface area contributed by atoms with E-state index in [-0.39, 0.29) is 51.6 Å². The highest BCUT2D eigenvalue weighted by molar-refractivity contribution is 6.00. The summed E-state index contributed by atoms with van der Waals surface area (Å²) in [6.07, 6.45) is 4.01. The van der Waals surface area contributed by atoms with E-state index < -0.39 is 34.7 Å². The van der Waals surface area contributed by atoms with E-state index in [2.05, 4.69) is 107 Å². The van der Waals surface area contributed by atoms with Gasteiger partial charge < -0.3 is 34.5 Å². The van der Waals surface area contributed by atoms with Crippen molar-refractivity contribution in [1.82, 2.24) is 40.0 Å². The molecule has 77 heavy (non-hydrogen) atoms. The van der Waals surface area contributed by atoms with Gasteiger partial charge in [-0.05, 0) is 209 Å². The summed E-state index contributed by atoms with van der Waals surface area (Å²) in [5, 5.41) is 3.11. The third-order valence-electron chi connectivity index (χ3n) is 14.2. The number of allylic oxidation sites excluding steroid dienone is 4. The molecule has 2 aliphatic rings. The van der Waals surface area contributed by atoms with E-state index in [9.17, 15) is 19.2 Å². The summed E-state index contributed by atoms with van der Waals surface area (Å²) in [5.41, 5.74) is 19.2. The number of hydrogen-bond acceptors (Lipinski definition) is 11. The van der Waals surface area contributed by atoms with Crippen LogP contribution >= 0.6 is 0 Å². The third kappa shape index (κ3) is 15.2. The zero-order valence-corrected chi connectivity index (χ0v) is 49.6. The molecule has 15 heteroatoms. The minimum absolute atomic E-state index is 0.0631. The molecular formula is C62H88N8O7. The SMILES string of the molecule is CCC1=C(C)c2nc1cc1[nH]c(cc3[nH]c(cc4[nH]c(cc5nc2C(C)=C5CC)c(C)c4CC)c(CCC(=O)NCCN(CCN(CC(=O)OC(C)(C)C)CC(=O)OC(C)(C)C)CC(=O)OC(C)(C)C)c3C)c(CC)c1C. The van der Waals surface area contributed by atoms with E-state index in [1.165, 1.54) is 39.0 Å². The van der Waals surface area contributed by atoms with Crippen LogP contribution in [0.15, 0.2) is 24.3 Å². The Hall–Kier alpha value is -6.32. The molecule has 4 aromatic heterocycles. The van der Waals surface area contributed by atoms with Crippen molar-refractivity contribution < 1.29 is 33.4 Å². The average Bonchev–Trinajstić information content (AvgIpc) is 4.06. The molecule has 0 unspecified atom stereocenters. The van der Waals surface area contributed by atoms with Crippen molar-refractivity contribution in [2.24, 2.45) is 0 Å². The standard InChI is InChI=1S/C62H88N8O7/c1-19-41-36(5)46-30-51-43(21-3)39(8)58(67-51)59-40(9)44(22-4)52(68-59)31-47-37(6)42(20-2)50(65-47)32-53-45(38(7)48(66-53)29-49(41)64-46)23-24-54(71)63-25-26-69(33-55(72)75-60(10,11)12)27-28-70(34-56(73)76-61(13,14)15)35-57(74)77-62(16,17)18/h29-32,64-66H,19-28,33-35H2,1-18H3,(H,63,71). The third-order valence-corrected chi connectivity index (χ3v) is 14.2. The fourth-order valence-corrected chi connectivity index (χ4v) is 10.6. The highest BCUT2D eigenvalue weighted by Crippen LogP contribution is 2.40. The number of aryl methyl sites for hydroxylation is 6. The van der Waals surface area contributed by atoms with Crippen molar-refractivity contribution in [3.05, 3.63) is 80.4 Å². The van der Waals surface area contributed by atoms with Crippen LogP contribution < -0.4 is 5.32 Å². The van der Waals surface area contributed by atoms with Crippen molar-refractivity contribution in [2.75, 3.05) is 45.8 Å². The number of hydrogen-bond donors (Lipinski definition) is 4. The molecule has 15 nitrogen and oxygen atoms in total. The lowest BCUT2D eigenvalue weighted by molar-refractivity contribution is -0.161. The van der Waals surface area contributed by atoms with Gasteiger partial charge in [0.15, 0.2) is 0 Å². The number of esters is 3. The van der Waals surface area contributed by atoms with E-state index in [4.69, 9.17) is 24.2 Å². The monoisotopic (exact) mass is 1060 g/mol. The van der Waals surface area contributed by atoms with Gasteiger partial charge in [-0.15, -0.1) is 0 Å². The Kier molecular flexibility index (Phi) is 19.1. The zero-order valence-electron chi connectivity index (χ0n) is 49.6. The quantitative estimate of drug-likeness (QED) is 0.0517. The number of carbonyl (C=O) groups excluding carboxylic acids is 4. The lowest BCUT2D eigenvalue weighted by atomic mass is 9.99. The number of H-pyrrole nitrogens is 3. The van der Waals surface area contributed by atoms with Crippen molar-refractivity contribution in [3.63, 3.8) is 0 Å². The minimum Gasteiger partial charge on any atom is -0.459 e. The van der Waals surface area contributed by atoms with E-state index >= 15 is 0 Å². The van der Waals surface area contributed by atoms with Gasteiger partial charge in [-0.1, -0.05) is 27.7 Å². The summed E-state index contributed by atoms with van der Waals surface area (Å²) in [6.45, 7) is 36.4. The second-order valence-corrected chi connectivity index (χ2v) is 23.7. The molecule has 0 radical (unpaired) electrons. The zero-order chi connectivity index (χ0) is 56.9. The predicted octanol–water partition coefficient (Wildman–Crippen LogP) is 11.8. The van der Waals surface area contributed by atoms with Crippen LogP contribution in [0.1, 0.15) is 179 Å². The summed E-state index contributed by atoms with van der Waals surface area (Å²) in [5.74, 6) is -1.53. The lowest BCUT2D eigenvalue weighted by Gasteiger charge is -2.29. The van der Waals surface area contributed by atoms with E-state index in [0.29, 0.717) is 13.0 Å². The fourth-order valence-electron chi connectivity index (χ4n) is 10.6. The predicted molar refractivity (Wildman–Crippen MR) is 312 cm³/mol. The Morgan fingerprint density at radius 2 is 0.857 bits per heavy atom. The summed E-state index contributed by atoms with van der Waals surface area (Å²) < 4.78 is 16.9. The smallest absolute Gasteiger partial charge is 0.320 e. The van der Waals surface area contributed by atoms with E-state index in [1.54, 1.807) is 46.4 Å². The first-order valence-corrected chi connectivity index (χ1v) is 27.8.